The average molecular weight is 607 g/mol. The van der Waals surface area contributed by atoms with Crippen LogP contribution in [0.15, 0.2) is 60.7 Å². The van der Waals surface area contributed by atoms with Crippen LogP contribution in [0, 0.1) is 11.3 Å². The summed E-state index contributed by atoms with van der Waals surface area (Å²) in [5, 5.41) is 28.7. The van der Waals surface area contributed by atoms with Crippen molar-refractivity contribution < 1.29 is 34.2 Å². The number of benzene rings is 3. The Balaban J connectivity index is 1.63. The number of urea groups is 1. The van der Waals surface area contributed by atoms with Crippen LogP contribution in [0.4, 0.5) is 10.5 Å². The Labute approximate surface area is 248 Å². The molecule has 212 valence electrons. The van der Waals surface area contributed by atoms with E-state index in [-0.39, 0.29) is 39.9 Å². The third kappa shape index (κ3) is 4.51. The van der Waals surface area contributed by atoms with Crippen LogP contribution in [-0.2, 0) is 4.79 Å². The topological polar surface area (TPSA) is 159 Å². The number of nitrogens with zero attached hydrogens (tertiary/aromatic N) is 4. The van der Waals surface area contributed by atoms with Crippen LogP contribution < -0.4 is 4.90 Å². The minimum absolute atomic E-state index is 0.0992. The van der Waals surface area contributed by atoms with Crippen LogP contribution >= 0.6 is 23.2 Å². The molecule has 4 amide bonds. The summed E-state index contributed by atoms with van der Waals surface area (Å²) < 4.78 is 0. The van der Waals surface area contributed by atoms with Crippen LogP contribution in [0.2, 0.25) is 10.0 Å². The molecule has 0 aliphatic carbocycles. The fourth-order valence-electron chi connectivity index (χ4n) is 5.57. The third-order valence-electron chi connectivity index (χ3n) is 7.62. The molecule has 2 heterocycles. The number of carboxylic acid groups (broad SMARTS) is 2. The molecule has 3 aromatic rings. The maximum absolute atomic E-state index is 14.3. The van der Waals surface area contributed by atoms with E-state index in [1.165, 1.54) is 35.0 Å². The standard InChI is InChI=1S/C29H20Cl2N4O7/c1-33-28(42)35(20-10-18(30)9-19(31)11-20)27(41)29(33)14-34(13-23(29)16-4-2-15(12-32)3-5-16)24(36)21-7-6-17(25(37)38)8-22(21)26(39)40/h2-11,23H,13-14H2,1H3,(H,37,38)(H,39,40)/t23-,29?/m0/s1. The highest BCUT2D eigenvalue weighted by molar-refractivity contribution is 6.36. The zero-order valence-corrected chi connectivity index (χ0v) is 23.3. The molecule has 11 nitrogen and oxygen atoms in total. The van der Waals surface area contributed by atoms with Gasteiger partial charge in [0, 0.05) is 29.6 Å². The number of hydrogen-bond acceptors (Lipinski definition) is 6. The highest BCUT2D eigenvalue weighted by Crippen LogP contribution is 2.47. The van der Waals surface area contributed by atoms with Crippen LogP contribution in [0.25, 0.3) is 0 Å². The van der Waals surface area contributed by atoms with Crippen molar-refractivity contribution in [1.29, 1.82) is 5.26 Å². The fraction of sp³-hybridized carbons (Fsp3) is 0.172. The number of imide groups is 1. The Morgan fingerprint density at radius 3 is 2.14 bits per heavy atom. The predicted octanol–water partition coefficient (Wildman–Crippen LogP) is 4.34. The summed E-state index contributed by atoms with van der Waals surface area (Å²) in [7, 11) is 1.43. The molecule has 2 aliphatic rings. The molecule has 3 aromatic carbocycles. The van der Waals surface area contributed by atoms with Crippen molar-refractivity contribution in [1.82, 2.24) is 9.80 Å². The molecular weight excluding hydrogens is 587 g/mol. The van der Waals surface area contributed by atoms with Gasteiger partial charge in [0.1, 0.15) is 5.54 Å². The van der Waals surface area contributed by atoms with Gasteiger partial charge in [0.05, 0.1) is 40.6 Å². The molecular formula is C29H20Cl2N4O7. The normalized spacial score (nSPS) is 19.9. The van der Waals surface area contributed by atoms with Crippen molar-refractivity contribution in [2.24, 2.45) is 0 Å². The summed E-state index contributed by atoms with van der Waals surface area (Å²) in [5.41, 5.74) is -1.69. The second-order valence-electron chi connectivity index (χ2n) is 9.88. The molecule has 42 heavy (non-hydrogen) atoms. The number of likely N-dealkylation sites (tertiary alicyclic amines) is 1. The largest absolute Gasteiger partial charge is 0.478 e. The van der Waals surface area contributed by atoms with Crippen LogP contribution in [0.5, 0.6) is 0 Å². The first kappa shape index (κ1) is 28.6. The van der Waals surface area contributed by atoms with Gasteiger partial charge in [-0.1, -0.05) is 35.3 Å². The summed E-state index contributed by atoms with van der Waals surface area (Å²) in [5.74, 6) is -5.08. The molecule has 1 spiro atoms. The third-order valence-corrected chi connectivity index (χ3v) is 8.06. The van der Waals surface area contributed by atoms with Gasteiger partial charge in [-0.05, 0) is 54.1 Å². The number of hydrogen-bond donors (Lipinski definition) is 2. The lowest BCUT2D eigenvalue weighted by Crippen LogP contribution is -2.54. The number of likely N-dealkylation sites (N-methyl/N-ethyl adjacent to an activating group) is 1. The molecule has 0 aromatic heterocycles. The quantitative estimate of drug-likeness (QED) is 0.406. The smallest absolute Gasteiger partial charge is 0.336 e. The second-order valence-corrected chi connectivity index (χ2v) is 10.7. The van der Waals surface area contributed by atoms with Crippen LogP contribution in [-0.4, -0.2) is 75.5 Å². The fourth-order valence-corrected chi connectivity index (χ4v) is 6.09. The lowest BCUT2D eigenvalue weighted by Gasteiger charge is -2.33. The van der Waals surface area contributed by atoms with Gasteiger partial charge in [-0.15, -0.1) is 0 Å². The lowest BCUT2D eigenvalue weighted by atomic mass is 9.80. The summed E-state index contributed by atoms with van der Waals surface area (Å²) in [4.78, 5) is 68.6. The molecule has 0 bridgehead atoms. The minimum atomic E-state index is -1.62. The minimum Gasteiger partial charge on any atom is -0.478 e. The molecule has 2 atom stereocenters. The summed E-state index contributed by atoms with van der Waals surface area (Å²) in [6.07, 6.45) is 0. The number of carboxylic acids is 2. The van der Waals surface area contributed by atoms with E-state index in [4.69, 9.17) is 23.2 Å². The number of rotatable bonds is 5. The summed E-state index contributed by atoms with van der Waals surface area (Å²) >= 11 is 12.3. The molecule has 2 N–H and O–H groups in total. The SMILES string of the molecule is CN1C(=O)N(c2cc(Cl)cc(Cl)c2)C(=O)C12CN(C(=O)c1ccc(C(=O)O)cc1C(=O)O)C[C@H]2c1ccc(C#N)cc1. The second kappa shape index (κ2) is 10.5. The molecule has 2 saturated heterocycles. The number of nitriles is 1. The summed E-state index contributed by atoms with van der Waals surface area (Å²) in [6, 6.07) is 15.1. The lowest BCUT2D eigenvalue weighted by molar-refractivity contribution is -0.124. The molecule has 0 radical (unpaired) electrons. The maximum atomic E-state index is 14.3. The molecule has 2 fully saturated rings. The van der Waals surface area contributed by atoms with Crippen LogP contribution in [0.1, 0.15) is 48.1 Å². The van der Waals surface area contributed by atoms with Crippen molar-refractivity contribution in [3.8, 4) is 6.07 Å². The number of carbonyl (C=O) groups excluding carboxylic acids is 3. The molecule has 5 rings (SSSR count). The van der Waals surface area contributed by atoms with Crippen LogP contribution in [0.3, 0.4) is 0 Å². The van der Waals surface area contributed by atoms with Gasteiger partial charge in [0.15, 0.2) is 0 Å². The van der Waals surface area contributed by atoms with Crippen molar-refractivity contribution in [2.75, 3.05) is 25.0 Å². The first-order chi connectivity index (χ1) is 19.9. The van der Waals surface area contributed by atoms with Crippen molar-refractivity contribution in [2.45, 2.75) is 11.5 Å². The molecule has 2 aliphatic heterocycles. The number of aromatic carboxylic acids is 2. The zero-order chi connectivity index (χ0) is 30.5. The van der Waals surface area contributed by atoms with Gasteiger partial charge in [-0.2, -0.15) is 5.26 Å². The maximum Gasteiger partial charge on any atom is 0.336 e. The van der Waals surface area contributed by atoms with E-state index >= 15 is 0 Å². The number of halogens is 2. The first-order valence-electron chi connectivity index (χ1n) is 12.4. The van der Waals surface area contributed by atoms with Crippen molar-refractivity contribution in [3.05, 3.63) is 98.5 Å². The highest BCUT2D eigenvalue weighted by Gasteiger charge is 2.65. The number of carbonyl (C=O) groups is 5. The average Bonchev–Trinajstić information content (AvgIpc) is 3.44. The van der Waals surface area contributed by atoms with E-state index in [1.54, 1.807) is 24.3 Å². The van der Waals surface area contributed by atoms with E-state index < -0.39 is 46.8 Å². The van der Waals surface area contributed by atoms with Crippen molar-refractivity contribution in [3.63, 3.8) is 0 Å². The van der Waals surface area contributed by atoms with E-state index in [9.17, 15) is 39.4 Å². The Morgan fingerprint density at radius 1 is 0.929 bits per heavy atom. The van der Waals surface area contributed by atoms with Gasteiger partial charge in [0.25, 0.3) is 11.8 Å². The van der Waals surface area contributed by atoms with Gasteiger partial charge in [-0.3, -0.25) is 9.59 Å². The molecule has 1 unspecified atom stereocenters. The van der Waals surface area contributed by atoms with Gasteiger partial charge < -0.3 is 20.0 Å². The molecule has 13 heteroatoms. The monoisotopic (exact) mass is 606 g/mol. The molecule has 0 saturated carbocycles. The van der Waals surface area contributed by atoms with Gasteiger partial charge in [-0.25, -0.2) is 19.3 Å². The predicted molar refractivity (Wildman–Crippen MR) is 150 cm³/mol. The Kier molecular flexibility index (Phi) is 7.14. The van der Waals surface area contributed by atoms with E-state index in [2.05, 4.69) is 0 Å². The number of anilines is 1. The summed E-state index contributed by atoms with van der Waals surface area (Å²) in [6.45, 7) is -0.403. The first-order valence-corrected chi connectivity index (χ1v) is 13.1. The van der Waals surface area contributed by atoms with E-state index in [0.717, 1.165) is 23.1 Å². The Bertz CT molecular complexity index is 1720. The number of amides is 4. The van der Waals surface area contributed by atoms with E-state index in [0.29, 0.717) is 11.1 Å². The Hall–Kier alpha value is -4.92. The van der Waals surface area contributed by atoms with Crippen molar-refractivity contribution >= 4 is 58.7 Å². The highest BCUT2D eigenvalue weighted by atomic mass is 35.5. The Morgan fingerprint density at radius 2 is 1.57 bits per heavy atom. The van der Waals surface area contributed by atoms with Gasteiger partial charge in [0.2, 0.25) is 0 Å². The van der Waals surface area contributed by atoms with Gasteiger partial charge >= 0.3 is 18.0 Å². The van der Waals surface area contributed by atoms with E-state index in [1.807, 2.05) is 6.07 Å². The zero-order valence-electron chi connectivity index (χ0n) is 21.7.